The van der Waals surface area contributed by atoms with E-state index in [4.69, 9.17) is 0 Å². The first-order chi connectivity index (χ1) is 7.22. The first-order valence-electron chi connectivity index (χ1n) is 4.69. The topological polar surface area (TPSA) is 29.3 Å². The summed E-state index contributed by atoms with van der Waals surface area (Å²) in [6.45, 7) is 0.932. The number of pyridine rings is 1. The predicted molar refractivity (Wildman–Crippen MR) is 68.2 cm³/mol. The minimum absolute atomic E-state index is 0.898. The molecule has 1 N–H and O–H groups in total. The largest absolute Gasteiger partial charge is 0.319 e. The van der Waals surface area contributed by atoms with Gasteiger partial charge in [0, 0.05) is 23.6 Å². The Morgan fingerprint density at radius 3 is 3.00 bits per heavy atom. The fourth-order valence-corrected chi connectivity index (χ4v) is 2.34. The summed E-state index contributed by atoms with van der Waals surface area (Å²) in [7, 11) is 1.95. The van der Waals surface area contributed by atoms with Crippen molar-refractivity contribution in [2.45, 2.75) is 6.42 Å². The van der Waals surface area contributed by atoms with E-state index in [2.05, 4.69) is 52.6 Å². The van der Waals surface area contributed by atoms with Crippen LogP contribution >= 0.6 is 31.9 Å². The number of rotatable bonds is 3. The number of halogens is 2. The van der Waals surface area contributed by atoms with Crippen LogP contribution in [0.15, 0.2) is 27.4 Å². The third-order valence-corrected chi connectivity index (χ3v) is 3.31. The molecular formula is C10H11Br2N3. The maximum Gasteiger partial charge on any atom is 0.132 e. The third-order valence-electron chi connectivity index (χ3n) is 2.23. The van der Waals surface area contributed by atoms with E-state index < -0.39 is 0 Å². The highest BCUT2D eigenvalue weighted by Gasteiger charge is 2.08. The molecular weight excluding hydrogens is 322 g/mol. The highest BCUT2D eigenvalue weighted by atomic mass is 79.9. The lowest BCUT2D eigenvalue weighted by atomic mass is 10.4. The molecule has 0 aromatic carbocycles. The Morgan fingerprint density at radius 1 is 1.47 bits per heavy atom. The van der Waals surface area contributed by atoms with Gasteiger partial charge in [-0.3, -0.25) is 0 Å². The number of hydrogen-bond donors (Lipinski definition) is 1. The molecule has 15 heavy (non-hydrogen) atoms. The monoisotopic (exact) mass is 331 g/mol. The zero-order valence-electron chi connectivity index (χ0n) is 8.30. The molecule has 0 aliphatic heterocycles. The van der Waals surface area contributed by atoms with Crippen LogP contribution in [0.25, 0.3) is 5.52 Å². The Morgan fingerprint density at radius 2 is 2.27 bits per heavy atom. The van der Waals surface area contributed by atoms with Gasteiger partial charge in [-0.15, -0.1) is 0 Å². The van der Waals surface area contributed by atoms with Crippen LogP contribution in [-0.2, 0) is 6.42 Å². The lowest BCUT2D eigenvalue weighted by Crippen LogP contribution is -2.12. The van der Waals surface area contributed by atoms with Crippen LogP contribution in [-0.4, -0.2) is 23.0 Å². The van der Waals surface area contributed by atoms with Crippen LogP contribution in [0.5, 0.6) is 0 Å². The van der Waals surface area contributed by atoms with Gasteiger partial charge in [-0.25, -0.2) is 4.98 Å². The van der Waals surface area contributed by atoms with Crippen molar-refractivity contribution in [3.8, 4) is 0 Å². The molecule has 0 saturated heterocycles. The van der Waals surface area contributed by atoms with Gasteiger partial charge in [0.2, 0.25) is 0 Å². The summed E-state index contributed by atoms with van der Waals surface area (Å²) in [5, 5.41) is 3.12. The van der Waals surface area contributed by atoms with E-state index in [1.54, 1.807) is 0 Å². The molecule has 0 atom stereocenters. The molecule has 5 heteroatoms. The number of fused-ring (bicyclic) bond motifs is 1. The number of aromatic nitrogens is 2. The van der Waals surface area contributed by atoms with E-state index in [0.29, 0.717) is 0 Å². The number of likely N-dealkylation sites (N-methyl/N-ethyl adjacent to an activating group) is 1. The molecule has 0 aliphatic rings. The van der Waals surface area contributed by atoms with E-state index in [0.717, 1.165) is 33.4 Å². The van der Waals surface area contributed by atoms with Gasteiger partial charge in [0.05, 0.1) is 5.52 Å². The lowest BCUT2D eigenvalue weighted by Gasteiger charge is -2.00. The normalized spacial score (nSPS) is 11.1. The molecule has 0 spiro atoms. The number of hydrogen-bond acceptors (Lipinski definition) is 2. The van der Waals surface area contributed by atoms with Gasteiger partial charge in [-0.05, 0) is 35.1 Å². The maximum absolute atomic E-state index is 4.49. The zero-order valence-corrected chi connectivity index (χ0v) is 11.5. The summed E-state index contributed by atoms with van der Waals surface area (Å²) in [5.41, 5.74) is 1.09. The van der Waals surface area contributed by atoms with Gasteiger partial charge in [0.25, 0.3) is 0 Å². The van der Waals surface area contributed by atoms with Crippen LogP contribution in [0.2, 0.25) is 0 Å². The standard InChI is InChI=1S/C10H11Br2N3/c1-13-4-2-9-14-10(12)8-6-7(11)3-5-15(8)9/h3,5-6,13H,2,4H2,1H3. The summed E-state index contributed by atoms with van der Waals surface area (Å²) < 4.78 is 4.07. The second-order valence-electron chi connectivity index (χ2n) is 3.27. The minimum atomic E-state index is 0.898. The minimum Gasteiger partial charge on any atom is -0.319 e. The van der Waals surface area contributed by atoms with Gasteiger partial charge < -0.3 is 9.72 Å². The Balaban J connectivity index is 2.48. The lowest BCUT2D eigenvalue weighted by molar-refractivity contribution is 0.752. The van der Waals surface area contributed by atoms with Crippen molar-refractivity contribution < 1.29 is 0 Å². The Bertz CT molecular complexity index is 479. The van der Waals surface area contributed by atoms with Gasteiger partial charge in [-0.1, -0.05) is 15.9 Å². The summed E-state index contributed by atoms with van der Waals surface area (Å²) >= 11 is 6.92. The SMILES string of the molecule is CNCCc1nc(Br)c2cc(Br)ccn12. The average Bonchev–Trinajstić information content (AvgIpc) is 2.53. The quantitative estimate of drug-likeness (QED) is 0.936. The highest BCUT2D eigenvalue weighted by molar-refractivity contribution is 9.11. The van der Waals surface area contributed by atoms with E-state index >= 15 is 0 Å². The zero-order chi connectivity index (χ0) is 10.8. The van der Waals surface area contributed by atoms with Crippen molar-refractivity contribution in [2.75, 3.05) is 13.6 Å². The smallest absolute Gasteiger partial charge is 0.132 e. The second-order valence-corrected chi connectivity index (χ2v) is 4.94. The first kappa shape index (κ1) is 11.1. The van der Waals surface area contributed by atoms with Crippen molar-refractivity contribution >= 4 is 37.4 Å². The van der Waals surface area contributed by atoms with Gasteiger partial charge >= 0.3 is 0 Å². The van der Waals surface area contributed by atoms with Crippen molar-refractivity contribution in [3.05, 3.63) is 33.2 Å². The van der Waals surface area contributed by atoms with Crippen LogP contribution in [0.1, 0.15) is 5.82 Å². The molecule has 0 unspecified atom stereocenters. The highest BCUT2D eigenvalue weighted by Crippen LogP contribution is 2.22. The maximum atomic E-state index is 4.49. The van der Waals surface area contributed by atoms with E-state index in [9.17, 15) is 0 Å². The van der Waals surface area contributed by atoms with Crippen LogP contribution in [0.3, 0.4) is 0 Å². The number of nitrogens with zero attached hydrogens (tertiary/aromatic N) is 2. The Kier molecular flexibility index (Phi) is 3.43. The van der Waals surface area contributed by atoms with Crippen LogP contribution < -0.4 is 5.32 Å². The van der Waals surface area contributed by atoms with E-state index in [1.165, 1.54) is 0 Å². The molecule has 0 bridgehead atoms. The summed E-state index contributed by atoms with van der Waals surface area (Å²) in [6.07, 6.45) is 2.95. The summed E-state index contributed by atoms with van der Waals surface area (Å²) in [4.78, 5) is 4.49. The van der Waals surface area contributed by atoms with Crippen molar-refractivity contribution in [1.82, 2.24) is 14.7 Å². The molecule has 0 saturated carbocycles. The molecule has 80 valence electrons. The molecule has 2 rings (SSSR count). The molecule has 2 heterocycles. The molecule has 3 nitrogen and oxygen atoms in total. The molecule has 0 amide bonds. The second kappa shape index (κ2) is 4.63. The molecule has 0 aliphatic carbocycles. The van der Waals surface area contributed by atoms with Crippen molar-refractivity contribution in [2.24, 2.45) is 0 Å². The van der Waals surface area contributed by atoms with Gasteiger partial charge in [0.1, 0.15) is 10.4 Å². The Labute approximate surface area is 105 Å². The number of nitrogens with one attached hydrogen (secondary N) is 1. The fraction of sp³-hybridized carbons (Fsp3) is 0.300. The fourth-order valence-electron chi connectivity index (χ4n) is 1.50. The van der Waals surface area contributed by atoms with E-state index in [1.807, 2.05) is 19.3 Å². The van der Waals surface area contributed by atoms with Crippen molar-refractivity contribution in [1.29, 1.82) is 0 Å². The third kappa shape index (κ3) is 2.24. The van der Waals surface area contributed by atoms with E-state index in [-0.39, 0.29) is 0 Å². The summed E-state index contributed by atoms with van der Waals surface area (Å²) in [6, 6.07) is 4.07. The number of imidazole rings is 1. The van der Waals surface area contributed by atoms with Crippen LogP contribution in [0, 0.1) is 0 Å². The average molecular weight is 333 g/mol. The molecule has 0 fully saturated rings. The first-order valence-corrected chi connectivity index (χ1v) is 6.27. The predicted octanol–water partition coefficient (Wildman–Crippen LogP) is 2.62. The summed E-state index contributed by atoms with van der Waals surface area (Å²) in [5.74, 6) is 1.07. The molecule has 2 aromatic heterocycles. The van der Waals surface area contributed by atoms with Crippen LogP contribution in [0.4, 0.5) is 0 Å². The van der Waals surface area contributed by atoms with Crippen molar-refractivity contribution in [3.63, 3.8) is 0 Å². The van der Waals surface area contributed by atoms with Gasteiger partial charge in [-0.2, -0.15) is 0 Å². The molecule has 0 radical (unpaired) electrons. The molecule has 2 aromatic rings. The van der Waals surface area contributed by atoms with Gasteiger partial charge in [0.15, 0.2) is 0 Å². The Hall–Kier alpha value is -0.390.